The van der Waals surface area contributed by atoms with E-state index >= 15 is 0 Å². The molecule has 1 aromatic rings. The number of anilines is 1. The number of hydrogen-bond donors (Lipinski definition) is 1. The van der Waals surface area contributed by atoms with E-state index in [0.29, 0.717) is 0 Å². The quantitative estimate of drug-likeness (QED) is 0.719. The first-order chi connectivity index (χ1) is 7.20. The Morgan fingerprint density at radius 2 is 1.87 bits per heavy atom. The SMILES string of the molecule is CC(C)CNCCN(C)c1ccccc1. The van der Waals surface area contributed by atoms with Gasteiger partial charge >= 0.3 is 0 Å². The number of nitrogens with zero attached hydrogens (tertiary/aromatic N) is 1. The average Bonchev–Trinajstić information content (AvgIpc) is 2.25. The predicted molar refractivity (Wildman–Crippen MR) is 67.4 cm³/mol. The highest BCUT2D eigenvalue weighted by atomic mass is 15.1. The van der Waals surface area contributed by atoms with Crippen LogP contribution in [-0.4, -0.2) is 26.7 Å². The lowest BCUT2D eigenvalue weighted by atomic mass is 10.2. The molecule has 0 aliphatic heterocycles. The van der Waals surface area contributed by atoms with E-state index in [1.54, 1.807) is 0 Å². The third-order valence-electron chi connectivity index (χ3n) is 2.37. The Kier molecular flexibility index (Phi) is 5.19. The van der Waals surface area contributed by atoms with Crippen LogP contribution in [0.25, 0.3) is 0 Å². The summed E-state index contributed by atoms with van der Waals surface area (Å²) in [4.78, 5) is 2.27. The van der Waals surface area contributed by atoms with E-state index in [-0.39, 0.29) is 0 Å². The minimum atomic E-state index is 0.729. The van der Waals surface area contributed by atoms with Crippen LogP contribution >= 0.6 is 0 Å². The van der Waals surface area contributed by atoms with Gasteiger partial charge in [0, 0.05) is 25.8 Å². The molecule has 0 aliphatic rings. The van der Waals surface area contributed by atoms with Crippen LogP contribution in [0.5, 0.6) is 0 Å². The molecule has 2 heteroatoms. The zero-order valence-corrected chi connectivity index (χ0v) is 10.0. The zero-order valence-electron chi connectivity index (χ0n) is 10.0. The summed E-state index contributed by atoms with van der Waals surface area (Å²) in [5.41, 5.74) is 1.28. The van der Waals surface area contributed by atoms with Crippen LogP contribution in [0, 0.1) is 5.92 Å². The fourth-order valence-electron chi connectivity index (χ4n) is 1.45. The number of para-hydroxylation sites is 1. The van der Waals surface area contributed by atoms with Crippen molar-refractivity contribution in [3.05, 3.63) is 30.3 Å². The van der Waals surface area contributed by atoms with Gasteiger partial charge in [-0.05, 0) is 24.6 Å². The third kappa shape index (κ3) is 4.84. The normalized spacial score (nSPS) is 10.7. The maximum absolute atomic E-state index is 3.44. The fourth-order valence-corrected chi connectivity index (χ4v) is 1.45. The minimum Gasteiger partial charge on any atom is -0.373 e. The van der Waals surface area contributed by atoms with Crippen molar-refractivity contribution in [1.82, 2.24) is 5.32 Å². The molecule has 1 N–H and O–H groups in total. The zero-order chi connectivity index (χ0) is 11.1. The molecule has 0 unspecified atom stereocenters. The minimum absolute atomic E-state index is 0.729. The molecule has 0 amide bonds. The largest absolute Gasteiger partial charge is 0.373 e. The first kappa shape index (κ1) is 12.1. The van der Waals surface area contributed by atoms with Crippen molar-refractivity contribution >= 4 is 5.69 Å². The van der Waals surface area contributed by atoms with Gasteiger partial charge in [0.2, 0.25) is 0 Å². The first-order valence-electron chi connectivity index (χ1n) is 5.67. The number of rotatable bonds is 6. The molecule has 0 radical (unpaired) electrons. The molecule has 0 atom stereocenters. The Morgan fingerprint density at radius 3 is 2.47 bits per heavy atom. The van der Waals surface area contributed by atoms with Crippen LogP contribution in [0.2, 0.25) is 0 Å². The Labute approximate surface area is 93.3 Å². The van der Waals surface area contributed by atoms with Crippen LogP contribution < -0.4 is 10.2 Å². The lowest BCUT2D eigenvalue weighted by molar-refractivity contribution is 0.554. The van der Waals surface area contributed by atoms with E-state index < -0.39 is 0 Å². The van der Waals surface area contributed by atoms with Gasteiger partial charge in [0.15, 0.2) is 0 Å². The van der Waals surface area contributed by atoms with Gasteiger partial charge in [0.25, 0.3) is 0 Å². The molecule has 84 valence electrons. The van der Waals surface area contributed by atoms with Gasteiger partial charge in [-0.15, -0.1) is 0 Å². The Balaban J connectivity index is 2.22. The maximum Gasteiger partial charge on any atom is 0.0364 e. The second-order valence-corrected chi connectivity index (χ2v) is 4.36. The smallest absolute Gasteiger partial charge is 0.0364 e. The average molecular weight is 206 g/mol. The summed E-state index contributed by atoms with van der Waals surface area (Å²) in [6, 6.07) is 10.5. The summed E-state index contributed by atoms with van der Waals surface area (Å²) < 4.78 is 0. The van der Waals surface area contributed by atoms with E-state index in [4.69, 9.17) is 0 Å². The molecule has 0 saturated heterocycles. The molecule has 0 heterocycles. The summed E-state index contributed by atoms with van der Waals surface area (Å²) in [5, 5.41) is 3.44. The molecule has 0 fully saturated rings. The molecule has 1 rings (SSSR count). The van der Waals surface area contributed by atoms with Gasteiger partial charge in [0.1, 0.15) is 0 Å². The molecular formula is C13H22N2. The molecule has 0 spiro atoms. The van der Waals surface area contributed by atoms with Crippen molar-refractivity contribution in [2.75, 3.05) is 31.6 Å². The Bertz CT molecular complexity index is 256. The summed E-state index contributed by atoms with van der Waals surface area (Å²) in [7, 11) is 2.13. The molecule has 2 nitrogen and oxygen atoms in total. The van der Waals surface area contributed by atoms with Crippen molar-refractivity contribution < 1.29 is 0 Å². The summed E-state index contributed by atoms with van der Waals surface area (Å²) in [5.74, 6) is 0.729. The van der Waals surface area contributed by atoms with E-state index in [9.17, 15) is 0 Å². The van der Waals surface area contributed by atoms with Crippen LogP contribution in [0.15, 0.2) is 30.3 Å². The number of benzene rings is 1. The van der Waals surface area contributed by atoms with Gasteiger partial charge < -0.3 is 10.2 Å². The van der Waals surface area contributed by atoms with Gasteiger partial charge in [0.05, 0.1) is 0 Å². The van der Waals surface area contributed by atoms with Crippen LogP contribution in [0.3, 0.4) is 0 Å². The first-order valence-corrected chi connectivity index (χ1v) is 5.67. The lowest BCUT2D eigenvalue weighted by Crippen LogP contribution is -2.30. The molecule has 1 aromatic carbocycles. The van der Waals surface area contributed by atoms with Gasteiger partial charge in [-0.3, -0.25) is 0 Å². The number of likely N-dealkylation sites (N-methyl/N-ethyl adjacent to an activating group) is 1. The fraction of sp³-hybridized carbons (Fsp3) is 0.538. The molecule has 0 saturated carbocycles. The summed E-state index contributed by atoms with van der Waals surface area (Å²) in [6.07, 6.45) is 0. The van der Waals surface area contributed by atoms with Crippen molar-refractivity contribution in [2.45, 2.75) is 13.8 Å². The van der Waals surface area contributed by atoms with Gasteiger partial charge in [-0.2, -0.15) is 0 Å². The third-order valence-corrected chi connectivity index (χ3v) is 2.37. The molecular weight excluding hydrogens is 184 g/mol. The van der Waals surface area contributed by atoms with Crippen molar-refractivity contribution in [3.63, 3.8) is 0 Å². The van der Waals surface area contributed by atoms with Crippen LogP contribution in [-0.2, 0) is 0 Å². The molecule has 0 aromatic heterocycles. The molecule has 15 heavy (non-hydrogen) atoms. The van der Waals surface area contributed by atoms with Crippen LogP contribution in [0.4, 0.5) is 5.69 Å². The van der Waals surface area contributed by atoms with Crippen molar-refractivity contribution in [2.24, 2.45) is 5.92 Å². The van der Waals surface area contributed by atoms with E-state index in [1.165, 1.54) is 5.69 Å². The van der Waals surface area contributed by atoms with Crippen LogP contribution in [0.1, 0.15) is 13.8 Å². The second-order valence-electron chi connectivity index (χ2n) is 4.36. The summed E-state index contributed by atoms with van der Waals surface area (Å²) in [6.45, 7) is 7.66. The highest BCUT2D eigenvalue weighted by Crippen LogP contribution is 2.09. The highest BCUT2D eigenvalue weighted by Gasteiger charge is 1.98. The standard InChI is InChI=1S/C13H22N2/c1-12(2)11-14-9-10-15(3)13-7-5-4-6-8-13/h4-8,12,14H,9-11H2,1-3H3. The van der Waals surface area contributed by atoms with E-state index in [0.717, 1.165) is 25.6 Å². The lowest BCUT2D eigenvalue weighted by Gasteiger charge is -2.19. The van der Waals surface area contributed by atoms with Crippen molar-refractivity contribution in [1.29, 1.82) is 0 Å². The topological polar surface area (TPSA) is 15.3 Å². The summed E-state index contributed by atoms with van der Waals surface area (Å²) >= 11 is 0. The van der Waals surface area contributed by atoms with E-state index in [2.05, 4.69) is 55.4 Å². The highest BCUT2D eigenvalue weighted by molar-refractivity contribution is 5.44. The van der Waals surface area contributed by atoms with Crippen molar-refractivity contribution in [3.8, 4) is 0 Å². The maximum atomic E-state index is 3.44. The Morgan fingerprint density at radius 1 is 1.20 bits per heavy atom. The molecule has 0 aliphatic carbocycles. The second kappa shape index (κ2) is 6.46. The monoisotopic (exact) mass is 206 g/mol. The van der Waals surface area contributed by atoms with Gasteiger partial charge in [-0.1, -0.05) is 32.0 Å². The van der Waals surface area contributed by atoms with Gasteiger partial charge in [-0.25, -0.2) is 0 Å². The predicted octanol–water partition coefficient (Wildman–Crippen LogP) is 2.37. The molecule has 0 bridgehead atoms. The Hall–Kier alpha value is -1.02. The number of hydrogen-bond acceptors (Lipinski definition) is 2. The van der Waals surface area contributed by atoms with E-state index in [1.807, 2.05) is 6.07 Å². The number of nitrogens with one attached hydrogen (secondary N) is 1.